The van der Waals surface area contributed by atoms with Gasteiger partial charge in [-0.15, -0.1) is 0 Å². The largest absolute Gasteiger partial charge is 0.358 e. The molecule has 0 aliphatic carbocycles. The number of hydrogen-bond acceptors (Lipinski definition) is 3. The summed E-state index contributed by atoms with van der Waals surface area (Å²) in [6.45, 7) is 1.64. The van der Waals surface area contributed by atoms with Crippen LogP contribution >= 0.6 is 0 Å². The molecule has 1 aliphatic rings. The smallest absolute Gasteiger partial charge is 0.239 e. The molecule has 0 saturated carbocycles. The third-order valence-corrected chi connectivity index (χ3v) is 3.91. The van der Waals surface area contributed by atoms with Gasteiger partial charge in [0.1, 0.15) is 0 Å². The van der Waals surface area contributed by atoms with Crippen molar-refractivity contribution in [2.24, 2.45) is 0 Å². The van der Waals surface area contributed by atoms with Crippen molar-refractivity contribution in [3.63, 3.8) is 0 Å². The Balaban J connectivity index is 2.19. The Morgan fingerprint density at radius 3 is 2.45 bits per heavy atom. The van der Waals surface area contributed by atoms with E-state index in [2.05, 4.69) is 16.0 Å². The second kappa shape index (κ2) is 6.52. The van der Waals surface area contributed by atoms with Crippen LogP contribution in [-0.2, 0) is 15.0 Å². The number of nitrogens with one attached hydrogen (secondary N) is 3. The zero-order chi connectivity index (χ0) is 14.4. The fourth-order valence-corrected chi connectivity index (χ4v) is 2.68. The minimum Gasteiger partial charge on any atom is -0.358 e. The van der Waals surface area contributed by atoms with E-state index in [1.165, 1.54) is 0 Å². The molecule has 0 spiro atoms. The molecule has 1 heterocycles. The van der Waals surface area contributed by atoms with Gasteiger partial charge in [0, 0.05) is 7.05 Å². The fraction of sp³-hybridized carbons (Fsp3) is 0.467. The van der Waals surface area contributed by atoms with Gasteiger partial charge in [-0.2, -0.15) is 0 Å². The van der Waals surface area contributed by atoms with Gasteiger partial charge in [0.15, 0.2) is 0 Å². The molecule has 5 nitrogen and oxygen atoms in total. The number of likely N-dealkylation sites (N-methyl/N-ethyl adjacent to an activating group) is 1. The van der Waals surface area contributed by atoms with Gasteiger partial charge < -0.3 is 16.0 Å². The van der Waals surface area contributed by atoms with Crippen molar-refractivity contribution in [1.29, 1.82) is 0 Å². The number of carbonyl (C=O) groups excluding carboxylic acids is 2. The second-order valence-corrected chi connectivity index (χ2v) is 5.05. The van der Waals surface area contributed by atoms with Crippen molar-refractivity contribution >= 4 is 11.8 Å². The van der Waals surface area contributed by atoms with Gasteiger partial charge >= 0.3 is 0 Å². The SMILES string of the molecule is CNC(=O)CNC(=O)C1(c2ccccc2)CCNCC1. The minimum atomic E-state index is -0.527. The van der Waals surface area contributed by atoms with Crippen molar-refractivity contribution in [2.75, 3.05) is 26.7 Å². The maximum atomic E-state index is 12.6. The molecule has 0 unspecified atom stereocenters. The molecule has 3 N–H and O–H groups in total. The number of carbonyl (C=O) groups is 2. The molecule has 108 valence electrons. The highest BCUT2D eigenvalue weighted by atomic mass is 16.2. The predicted molar refractivity (Wildman–Crippen MR) is 77.3 cm³/mol. The van der Waals surface area contributed by atoms with Gasteiger partial charge in [0.05, 0.1) is 12.0 Å². The van der Waals surface area contributed by atoms with Gasteiger partial charge in [-0.1, -0.05) is 30.3 Å². The minimum absolute atomic E-state index is 0.0251. The quantitative estimate of drug-likeness (QED) is 0.733. The summed E-state index contributed by atoms with van der Waals surface area (Å²) in [4.78, 5) is 23.9. The summed E-state index contributed by atoms with van der Waals surface area (Å²) in [6, 6.07) is 9.83. The monoisotopic (exact) mass is 275 g/mol. The van der Waals surface area contributed by atoms with Crippen LogP contribution in [0, 0.1) is 0 Å². The normalized spacial score (nSPS) is 17.2. The highest BCUT2D eigenvalue weighted by Gasteiger charge is 2.40. The van der Waals surface area contributed by atoms with Crippen LogP contribution < -0.4 is 16.0 Å². The zero-order valence-corrected chi connectivity index (χ0v) is 11.7. The highest BCUT2D eigenvalue weighted by Crippen LogP contribution is 2.33. The van der Waals surface area contributed by atoms with E-state index < -0.39 is 5.41 Å². The third-order valence-electron chi connectivity index (χ3n) is 3.91. The van der Waals surface area contributed by atoms with Crippen LogP contribution in [0.3, 0.4) is 0 Å². The van der Waals surface area contributed by atoms with Crippen LogP contribution in [0.1, 0.15) is 18.4 Å². The van der Waals surface area contributed by atoms with E-state index in [0.717, 1.165) is 31.5 Å². The van der Waals surface area contributed by atoms with Gasteiger partial charge in [-0.25, -0.2) is 0 Å². The Labute approximate surface area is 119 Å². The first-order valence-corrected chi connectivity index (χ1v) is 6.94. The van der Waals surface area contributed by atoms with E-state index in [0.29, 0.717) is 0 Å². The van der Waals surface area contributed by atoms with E-state index in [1.807, 2.05) is 30.3 Å². The number of piperidine rings is 1. The Kier molecular flexibility index (Phi) is 4.74. The van der Waals surface area contributed by atoms with Crippen LogP contribution in [-0.4, -0.2) is 38.5 Å². The molecule has 2 rings (SSSR count). The lowest BCUT2D eigenvalue weighted by Crippen LogP contribution is -2.52. The second-order valence-electron chi connectivity index (χ2n) is 5.05. The molecular formula is C15H21N3O2. The van der Waals surface area contributed by atoms with Crippen molar-refractivity contribution in [2.45, 2.75) is 18.3 Å². The van der Waals surface area contributed by atoms with E-state index in [1.54, 1.807) is 7.05 Å². The Morgan fingerprint density at radius 2 is 1.85 bits per heavy atom. The molecule has 0 atom stereocenters. The maximum absolute atomic E-state index is 12.6. The van der Waals surface area contributed by atoms with Crippen molar-refractivity contribution in [3.8, 4) is 0 Å². The van der Waals surface area contributed by atoms with Crippen LogP contribution in [0.2, 0.25) is 0 Å². The summed E-state index contributed by atoms with van der Waals surface area (Å²) in [6.07, 6.45) is 1.49. The molecule has 1 aromatic carbocycles. The lowest BCUT2D eigenvalue weighted by molar-refractivity contribution is -0.130. The van der Waals surface area contributed by atoms with Gasteiger partial charge in [0.25, 0.3) is 0 Å². The first-order chi connectivity index (χ1) is 9.69. The molecule has 0 aromatic heterocycles. The van der Waals surface area contributed by atoms with Crippen LogP contribution in [0.25, 0.3) is 0 Å². The molecule has 1 aromatic rings. The highest BCUT2D eigenvalue weighted by molar-refractivity contribution is 5.91. The van der Waals surface area contributed by atoms with E-state index in [9.17, 15) is 9.59 Å². The standard InChI is InChI=1S/C15H21N3O2/c1-16-13(19)11-18-14(20)15(7-9-17-10-8-15)12-5-3-2-4-6-12/h2-6,17H,7-11H2,1H3,(H,16,19)(H,18,20). The average molecular weight is 275 g/mol. The van der Waals surface area contributed by atoms with E-state index in [4.69, 9.17) is 0 Å². The van der Waals surface area contributed by atoms with Gasteiger partial charge in [-0.3, -0.25) is 9.59 Å². The molecule has 1 aliphatic heterocycles. The lowest BCUT2D eigenvalue weighted by Gasteiger charge is -2.36. The Hall–Kier alpha value is -1.88. The number of hydrogen-bond donors (Lipinski definition) is 3. The summed E-state index contributed by atoms with van der Waals surface area (Å²) < 4.78 is 0. The van der Waals surface area contributed by atoms with Crippen molar-refractivity contribution in [3.05, 3.63) is 35.9 Å². The number of amides is 2. The Bertz CT molecular complexity index is 467. The average Bonchev–Trinajstić information content (AvgIpc) is 2.53. The van der Waals surface area contributed by atoms with Crippen LogP contribution in [0.15, 0.2) is 30.3 Å². The molecule has 1 saturated heterocycles. The summed E-state index contributed by atoms with van der Waals surface area (Å²) in [5.74, 6) is -0.246. The molecule has 0 bridgehead atoms. The van der Waals surface area contributed by atoms with E-state index in [-0.39, 0.29) is 18.4 Å². The summed E-state index contributed by atoms with van der Waals surface area (Å²) in [5, 5.41) is 8.55. The molecule has 2 amide bonds. The van der Waals surface area contributed by atoms with Crippen LogP contribution in [0.4, 0.5) is 0 Å². The maximum Gasteiger partial charge on any atom is 0.239 e. The molecule has 5 heteroatoms. The van der Waals surface area contributed by atoms with Crippen molar-refractivity contribution in [1.82, 2.24) is 16.0 Å². The molecule has 0 radical (unpaired) electrons. The fourth-order valence-electron chi connectivity index (χ4n) is 2.68. The predicted octanol–water partition coefficient (Wildman–Crippen LogP) is 0.170. The summed E-state index contributed by atoms with van der Waals surface area (Å²) in [7, 11) is 1.56. The first-order valence-electron chi connectivity index (χ1n) is 6.94. The molecule has 20 heavy (non-hydrogen) atoms. The zero-order valence-electron chi connectivity index (χ0n) is 11.7. The number of rotatable bonds is 4. The van der Waals surface area contributed by atoms with Gasteiger partial charge in [-0.05, 0) is 31.5 Å². The topological polar surface area (TPSA) is 70.2 Å². The first kappa shape index (κ1) is 14.5. The molecular weight excluding hydrogens is 254 g/mol. The van der Waals surface area contributed by atoms with Gasteiger partial charge in [0.2, 0.25) is 11.8 Å². The lowest BCUT2D eigenvalue weighted by atomic mass is 9.72. The third kappa shape index (κ3) is 2.99. The van der Waals surface area contributed by atoms with Crippen LogP contribution in [0.5, 0.6) is 0 Å². The van der Waals surface area contributed by atoms with Crippen molar-refractivity contribution < 1.29 is 9.59 Å². The summed E-state index contributed by atoms with van der Waals surface area (Å²) >= 11 is 0. The summed E-state index contributed by atoms with van der Waals surface area (Å²) in [5.41, 5.74) is 0.497. The Morgan fingerprint density at radius 1 is 1.20 bits per heavy atom. The molecule has 1 fully saturated rings. The number of benzene rings is 1. The van der Waals surface area contributed by atoms with E-state index >= 15 is 0 Å².